The van der Waals surface area contributed by atoms with E-state index in [0.29, 0.717) is 25.6 Å². The predicted molar refractivity (Wildman–Crippen MR) is 116 cm³/mol. The van der Waals surface area contributed by atoms with Crippen molar-refractivity contribution in [1.29, 1.82) is 0 Å². The second-order valence-electron chi connectivity index (χ2n) is 7.57. The molecule has 0 spiro atoms. The van der Waals surface area contributed by atoms with Crippen molar-refractivity contribution < 1.29 is 13.7 Å². The van der Waals surface area contributed by atoms with Gasteiger partial charge in [0, 0.05) is 44.4 Å². The average Bonchev–Trinajstić information content (AvgIpc) is 2.76. The van der Waals surface area contributed by atoms with Gasteiger partial charge in [0.1, 0.15) is 0 Å². The molecule has 7 nitrogen and oxygen atoms in total. The molecule has 0 aromatic heterocycles. The van der Waals surface area contributed by atoms with Crippen molar-refractivity contribution in [2.45, 2.75) is 38.9 Å². The maximum Gasteiger partial charge on any atom is 0.269 e. The van der Waals surface area contributed by atoms with Gasteiger partial charge in [-0.2, -0.15) is 0 Å². The Hall–Kier alpha value is -3.07. The van der Waals surface area contributed by atoms with Crippen molar-refractivity contribution in [2.75, 3.05) is 19.6 Å². The van der Waals surface area contributed by atoms with Gasteiger partial charge < -0.3 is 10.6 Å². The first-order chi connectivity index (χ1) is 14.9. The van der Waals surface area contributed by atoms with E-state index in [1.165, 1.54) is 24.3 Å². The predicted octanol–water partition coefficient (Wildman–Crippen LogP) is 3.59. The van der Waals surface area contributed by atoms with Crippen molar-refractivity contribution in [3.8, 4) is 0 Å². The molecule has 2 N–H and O–H groups in total. The monoisotopic (exact) mass is 431 g/mol. The van der Waals surface area contributed by atoms with Crippen LogP contribution < -0.4 is 10.6 Å². The Kier molecular flexibility index (Phi) is 7.88. The molecule has 2 aromatic carbocycles. The number of halogens is 2. The van der Waals surface area contributed by atoms with Crippen LogP contribution in [0.25, 0.3) is 0 Å². The summed E-state index contributed by atoms with van der Waals surface area (Å²) in [5.41, 5.74) is 1.59. The van der Waals surface area contributed by atoms with E-state index in [0.717, 1.165) is 37.1 Å². The summed E-state index contributed by atoms with van der Waals surface area (Å²) >= 11 is 0. The van der Waals surface area contributed by atoms with Crippen LogP contribution in [0.3, 0.4) is 0 Å². The lowest BCUT2D eigenvalue weighted by Crippen LogP contribution is -2.48. The second-order valence-corrected chi connectivity index (χ2v) is 7.57. The molecule has 0 unspecified atom stereocenters. The summed E-state index contributed by atoms with van der Waals surface area (Å²) in [7, 11) is 0. The summed E-state index contributed by atoms with van der Waals surface area (Å²) in [4.78, 5) is 17.3. The minimum atomic E-state index is -0.827. The summed E-state index contributed by atoms with van der Waals surface area (Å²) < 4.78 is 26.5. The molecule has 1 heterocycles. The van der Waals surface area contributed by atoms with Gasteiger partial charge in [0.2, 0.25) is 0 Å². The number of hydrogen-bond donors (Lipinski definition) is 2. The Labute approximate surface area is 180 Å². The Morgan fingerprint density at radius 3 is 2.61 bits per heavy atom. The smallest absolute Gasteiger partial charge is 0.269 e. The van der Waals surface area contributed by atoms with Gasteiger partial charge in [0.05, 0.1) is 11.5 Å². The molecule has 0 bridgehead atoms. The molecule has 166 valence electrons. The molecule has 1 aliphatic rings. The molecule has 0 aliphatic carbocycles. The van der Waals surface area contributed by atoms with E-state index >= 15 is 0 Å². The number of nitrogens with one attached hydrogen (secondary N) is 2. The lowest BCUT2D eigenvalue weighted by Gasteiger charge is -2.33. The summed E-state index contributed by atoms with van der Waals surface area (Å²) in [6.45, 7) is 5.28. The summed E-state index contributed by atoms with van der Waals surface area (Å²) in [6.07, 6.45) is 1.79. The van der Waals surface area contributed by atoms with Gasteiger partial charge in [0.25, 0.3) is 5.69 Å². The van der Waals surface area contributed by atoms with E-state index in [1.807, 2.05) is 13.0 Å². The highest BCUT2D eigenvalue weighted by molar-refractivity contribution is 5.80. The van der Waals surface area contributed by atoms with Gasteiger partial charge in [-0.05, 0) is 43.0 Å². The molecule has 1 aliphatic heterocycles. The van der Waals surface area contributed by atoms with Gasteiger partial charge in [-0.15, -0.1) is 0 Å². The van der Waals surface area contributed by atoms with Gasteiger partial charge in [-0.1, -0.05) is 18.2 Å². The molecule has 2 aromatic rings. The second kappa shape index (κ2) is 10.8. The van der Waals surface area contributed by atoms with Crippen LogP contribution in [0.4, 0.5) is 14.5 Å². The van der Waals surface area contributed by atoms with E-state index in [-0.39, 0.29) is 11.7 Å². The molecule has 1 saturated heterocycles. The first-order valence-electron chi connectivity index (χ1n) is 10.4. The van der Waals surface area contributed by atoms with Crippen LogP contribution in [0, 0.1) is 21.7 Å². The molecule has 0 atom stereocenters. The molecular weight excluding hydrogens is 404 g/mol. The quantitative estimate of drug-likeness (QED) is 0.303. The molecule has 9 heteroatoms. The highest BCUT2D eigenvalue weighted by atomic mass is 19.2. The third-order valence-electron chi connectivity index (χ3n) is 5.20. The molecule has 0 radical (unpaired) electrons. The number of rotatable bonds is 7. The van der Waals surface area contributed by atoms with Crippen molar-refractivity contribution in [1.82, 2.24) is 15.5 Å². The lowest BCUT2D eigenvalue weighted by molar-refractivity contribution is -0.384. The van der Waals surface area contributed by atoms with E-state index in [1.54, 1.807) is 12.1 Å². The van der Waals surface area contributed by atoms with Crippen LogP contribution in [0.2, 0.25) is 0 Å². The largest absolute Gasteiger partial charge is 0.357 e. The standard InChI is InChI=1S/C22H27F2N5O2/c1-2-25-22(26-14-16-4-3-5-19(12-16)29(30)31)27-18-8-10-28(11-9-18)15-17-6-7-20(23)21(24)13-17/h3-7,12-13,18H,2,8-11,14-15H2,1H3,(H2,25,26,27). The number of nitrogens with zero attached hydrogens (tertiary/aromatic N) is 3. The van der Waals surface area contributed by atoms with E-state index in [4.69, 9.17) is 0 Å². The first-order valence-corrected chi connectivity index (χ1v) is 10.4. The fourth-order valence-electron chi connectivity index (χ4n) is 3.58. The molecule has 3 rings (SSSR count). The zero-order valence-electron chi connectivity index (χ0n) is 17.5. The number of likely N-dealkylation sites (tertiary alicyclic amines) is 1. The molecule has 1 fully saturated rings. The van der Waals surface area contributed by atoms with Crippen LogP contribution in [0.5, 0.6) is 0 Å². The molecular formula is C22H27F2N5O2. The third-order valence-corrected chi connectivity index (χ3v) is 5.20. The van der Waals surface area contributed by atoms with Gasteiger partial charge in [-0.25, -0.2) is 13.8 Å². The number of aliphatic imine (C=N–C) groups is 1. The van der Waals surface area contributed by atoms with Crippen LogP contribution in [0.15, 0.2) is 47.5 Å². The van der Waals surface area contributed by atoms with E-state index < -0.39 is 16.6 Å². The fourth-order valence-corrected chi connectivity index (χ4v) is 3.58. The number of benzene rings is 2. The van der Waals surface area contributed by atoms with Gasteiger partial charge in [0.15, 0.2) is 17.6 Å². The Balaban J connectivity index is 1.52. The summed E-state index contributed by atoms with van der Waals surface area (Å²) in [6, 6.07) is 10.7. The Morgan fingerprint density at radius 2 is 1.94 bits per heavy atom. The Bertz CT molecular complexity index is 930. The molecule has 0 amide bonds. The fraction of sp³-hybridized carbons (Fsp3) is 0.409. The third kappa shape index (κ3) is 6.71. The van der Waals surface area contributed by atoms with Crippen LogP contribution in [0.1, 0.15) is 30.9 Å². The van der Waals surface area contributed by atoms with Crippen molar-refractivity contribution in [3.05, 3.63) is 75.3 Å². The summed E-state index contributed by atoms with van der Waals surface area (Å²) in [5.74, 6) is -0.968. The Morgan fingerprint density at radius 1 is 1.16 bits per heavy atom. The number of nitro groups is 1. The minimum Gasteiger partial charge on any atom is -0.357 e. The molecule has 0 saturated carbocycles. The number of non-ortho nitro benzene ring substituents is 1. The lowest BCUT2D eigenvalue weighted by atomic mass is 10.0. The van der Waals surface area contributed by atoms with Crippen molar-refractivity contribution in [2.24, 2.45) is 4.99 Å². The van der Waals surface area contributed by atoms with Crippen molar-refractivity contribution in [3.63, 3.8) is 0 Å². The highest BCUT2D eigenvalue weighted by Crippen LogP contribution is 2.16. The van der Waals surface area contributed by atoms with E-state index in [2.05, 4.69) is 20.5 Å². The highest BCUT2D eigenvalue weighted by Gasteiger charge is 2.20. The normalized spacial score (nSPS) is 15.6. The maximum absolute atomic E-state index is 13.4. The zero-order valence-corrected chi connectivity index (χ0v) is 17.5. The average molecular weight is 431 g/mol. The number of piperidine rings is 1. The number of hydrogen-bond acceptors (Lipinski definition) is 4. The topological polar surface area (TPSA) is 82.8 Å². The van der Waals surface area contributed by atoms with E-state index in [9.17, 15) is 18.9 Å². The first kappa shape index (κ1) is 22.6. The van der Waals surface area contributed by atoms with Crippen LogP contribution >= 0.6 is 0 Å². The van der Waals surface area contributed by atoms with Crippen LogP contribution in [-0.2, 0) is 13.1 Å². The number of guanidine groups is 1. The molecule has 31 heavy (non-hydrogen) atoms. The van der Waals surface area contributed by atoms with Crippen molar-refractivity contribution >= 4 is 11.6 Å². The number of nitro benzene ring substituents is 1. The van der Waals surface area contributed by atoms with Gasteiger partial charge in [-0.3, -0.25) is 15.0 Å². The van der Waals surface area contributed by atoms with Gasteiger partial charge >= 0.3 is 0 Å². The minimum absolute atomic E-state index is 0.0547. The SMILES string of the molecule is CCNC(=NCc1cccc([N+](=O)[O-])c1)NC1CCN(Cc2ccc(F)c(F)c2)CC1. The zero-order chi connectivity index (χ0) is 22.2. The van der Waals surface area contributed by atoms with Crippen LogP contribution in [-0.4, -0.2) is 41.5 Å². The maximum atomic E-state index is 13.4. The summed E-state index contributed by atoms with van der Waals surface area (Å²) in [5, 5.41) is 17.6.